The van der Waals surface area contributed by atoms with E-state index < -0.39 is 0 Å². The Morgan fingerprint density at radius 2 is 2.24 bits per heavy atom. The summed E-state index contributed by atoms with van der Waals surface area (Å²) in [6.45, 7) is 3.24. The second-order valence-electron chi connectivity index (χ2n) is 3.41. The molecule has 0 atom stereocenters. The van der Waals surface area contributed by atoms with Crippen LogP contribution in [-0.4, -0.2) is 43.5 Å². The van der Waals surface area contributed by atoms with Crippen LogP contribution >= 0.6 is 11.3 Å². The third-order valence-electron chi connectivity index (χ3n) is 2.15. The van der Waals surface area contributed by atoms with Crippen LogP contribution in [0.25, 0.3) is 0 Å². The zero-order valence-corrected chi connectivity index (χ0v) is 10.1. The molecule has 0 bridgehead atoms. The molecule has 8 heteroatoms. The lowest BCUT2D eigenvalue weighted by Gasteiger charge is -2.25. The molecule has 1 fully saturated rings. The molecule has 4 N–H and O–H groups in total. The summed E-state index contributed by atoms with van der Waals surface area (Å²) >= 11 is 1.55. The van der Waals surface area contributed by atoms with Gasteiger partial charge in [0.2, 0.25) is 5.96 Å². The van der Waals surface area contributed by atoms with Crippen molar-refractivity contribution in [3.8, 4) is 0 Å². The van der Waals surface area contributed by atoms with Gasteiger partial charge in [-0.15, -0.1) is 5.10 Å². The second-order valence-corrected chi connectivity index (χ2v) is 4.45. The van der Waals surface area contributed by atoms with Crippen molar-refractivity contribution in [2.45, 2.75) is 0 Å². The van der Waals surface area contributed by atoms with Crippen LogP contribution in [0.3, 0.4) is 0 Å². The van der Waals surface area contributed by atoms with E-state index in [4.69, 9.17) is 16.2 Å². The van der Waals surface area contributed by atoms with Gasteiger partial charge in [0.05, 0.1) is 24.3 Å². The van der Waals surface area contributed by atoms with Crippen LogP contribution in [0, 0.1) is 0 Å². The van der Waals surface area contributed by atoms with E-state index in [2.05, 4.69) is 20.1 Å². The molecular formula is C9H14N6OS. The number of ether oxygens (including phenoxy) is 1. The topological polar surface area (TPSA) is 102 Å². The van der Waals surface area contributed by atoms with E-state index in [1.807, 2.05) is 0 Å². The summed E-state index contributed by atoms with van der Waals surface area (Å²) in [7, 11) is 0. The third kappa shape index (κ3) is 3.40. The van der Waals surface area contributed by atoms with E-state index in [1.165, 1.54) is 0 Å². The number of hydrogen-bond acceptors (Lipinski definition) is 6. The van der Waals surface area contributed by atoms with Crippen molar-refractivity contribution in [3.05, 3.63) is 11.1 Å². The summed E-state index contributed by atoms with van der Waals surface area (Å²) in [5.41, 5.74) is 10.3. The Kier molecular flexibility index (Phi) is 3.89. The van der Waals surface area contributed by atoms with Gasteiger partial charge in [-0.1, -0.05) is 11.3 Å². The van der Waals surface area contributed by atoms with Crippen molar-refractivity contribution in [1.82, 2.24) is 4.98 Å². The van der Waals surface area contributed by atoms with Crippen LogP contribution in [0.4, 0.5) is 5.13 Å². The molecule has 1 aliphatic heterocycles. The minimum Gasteiger partial charge on any atom is -0.378 e. The van der Waals surface area contributed by atoms with Crippen LogP contribution in [0.15, 0.2) is 16.4 Å². The number of morpholine rings is 1. The lowest BCUT2D eigenvalue weighted by Crippen LogP contribution is -2.36. The van der Waals surface area contributed by atoms with Gasteiger partial charge in [-0.3, -0.25) is 0 Å². The SMILES string of the molecule is NC(N)=N/N=C/c1cnc(N2CCOCC2)s1. The molecule has 2 heterocycles. The summed E-state index contributed by atoms with van der Waals surface area (Å²) in [6, 6.07) is 0. The van der Waals surface area contributed by atoms with E-state index in [0.717, 1.165) is 36.3 Å². The van der Waals surface area contributed by atoms with Crippen LogP contribution in [0.5, 0.6) is 0 Å². The van der Waals surface area contributed by atoms with E-state index in [1.54, 1.807) is 23.7 Å². The van der Waals surface area contributed by atoms with Crippen LogP contribution < -0.4 is 16.4 Å². The van der Waals surface area contributed by atoms with Crippen molar-refractivity contribution in [2.24, 2.45) is 21.7 Å². The Morgan fingerprint density at radius 1 is 1.47 bits per heavy atom. The zero-order valence-electron chi connectivity index (χ0n) is 9.24. The molecule has 92 valence electrons. The molecule has 0 amide bonds. The Morgan fingerprint density at radius 3 is 2.94 bits per heavy atom. The first-order valence-electron chi connectivity index (χ1n) is 5.16. The quantitative estimate of drug-likeness (QED) is 0.433. The first-order chi connectivity index (χ1) is 8.25. The highest BCUT2D eigenvalue weighted by atomic mass is 32.1. The molecule has 0 unspecified atom stereocenters. The highest BCUT2D eigenvalue weighted by molar-refractivity contribution is 7.17. The summed E-state index contributed by atoms with van der Waals surface area (Å²) in [5.74, 6) is -0.0563. The van der Waals surface area contributed by atoms with Gasteiger partial charge < -0.3 is 21.1 Å². The lowest BCUT2D eigenvalue weighted by atomic mass is 10.5. The first kappa shape index (κ1) is 11.8. The number of rotatable bonds is 3. The molecule has 1 aliphatic rings. The van der Waals surface area contributed by atoms with Gasteiger partial charge in [0, 0.05) is 19.3 Å². The predicted octanol–water partition coefficient (Wildman–Crippen LogP) is -0.413. The predicted molar refractivity (Wildman–Crippen MR) is 68.5 cm³/mol. The highest BCUT2D eigenvalue weighted by Crippen LogP contribution is 2.21. The summed E-state index contributed by atoms with van der Waals surface area (Å²) < 4.78 is 5.28. The number of guanidine groups is 1. The average molecular weight is 254 g/mol. The molecule has 1 aromatic heterocycles. The molecule has 17 heavy (non-hydrogen) atoms. The van der Waals surface area contributed by atoms with E-state index in [9.17, 15) is 0 Å². The van der Waals surface area contributed by atoms with Crippen LogP contribution in [-0.2, 0) is 4.74 Å². The average Bonchev–Trinajstić information content (AvgIpc) is 2.78. The van der Waals surface area contributed by atoms with Crippen molar-refractivity contribution in [3.63, 3.8) is 0 Å². The molecule has 1 saturated heterocycles. The van der Waals surface area contributed by atoms with E-state index in [-0.39, 0.29) is 5.96 Å². The molecular weight excluding hydrogens is 240 g/mol. The normalized spacial score (nSPS) is 16.4. The maximum Gasteiger partial charge on any atom is 0.211 e. The van der Waals surface area contributed by atoms with Gasteiger partial charge in [-0.25, -0.2) is 4.98 Å². The minimum atomic E-state index is -0.0563. The number of nitrogens with zero attached hydrogens (tertiary/aromatic N) is 4. The van der Waals surface area contributed by atoms with Gasteiger partial charge >= 0.3 is 0 Å². The smallest absolute Gasteiger partial charge is 0.211 e. The van der Waals surface area contributed by atoms with Gasteiger partial charge in [-0.05, 0) is 0 Å². The van der Waals surface area contributed by atoms with Crippen molar-refractivity contribution in [1.29, 1.82) is 0 Å². The largest absolute Gasteiger partial charge is 0.378 e. The fourth-order valence-electron chi connectivity index (χ4n) is 1.39. The standard InChI is InChI=1S/C9H14N6OS/c10-8(11)14-13-6-7-5-12-9(17-7)15-1-3-16-4-2-15/h5-6H,1-4H2,(H4,10,11,14)/b13-6+. The number of aromatic nitrogens is 1. The Labute approximate surface area is 103 Å². The van der Waals surface area contributed by atoms with Gasteiger partial charge in [-0.2, -0.15) is 5.10 Å². The minimum absolute atomic E-state index is 0.0563. The molecule has 0 aliphatic carbocycles. The van der Waals surface area contributed by atoms with Gasteiger partial charge in [0.25, 0.3) is 0 Å². The Bertz CT molecular complexity index is 419. The molecule has 1 aromatic rings. The van der Waals surface area contributed by atoms with Gasteiger partial charge in [0.15, 0.2) is 5.13 Å². The Hall–Kier alpha value is -1.67. The maximum atomic E-state index is 5.28. The fourth-order valence-corrected chi connectivity index (χ4v) is 2.22. The number of hydrogen-bond donors (Lipinski definition) is 2. The van der Waals surface area contributed by atoms with E-state index in [0.29, 0.717) is 0 Å². The molecule has 0 saturated carbocycles. The molecule has 2 rings (SSSR count). The van der Waals surface area contributed by atoms with Crippen LogP contribution in [0.1, 0.15) is 4.88 Å². The van der Waals surface area contributed by atoms with Crippen LogP contribution in [0.2, 0.25) is 0 Å². The fraction of sp³-hybridized carbons (Fsp3) is 0.444. The second kappa shape index (κ2) is 5.60. The molecule has 0 spiro atoms. The highest BCUT2D eigenvalue weighted by Gasteiger charge is 2.13. The monoisotopic (exact) mass is 254 g/mol. The van der Waals surface area contributed by atoms with E-state index >= 15 is 0 Å². The Balaban J connectivity index is 2.00. The molecule has 0 aromatic carbocycles. The number of anilines is 1. The molecule has 7 nitrogen and oxygen atoms in total. The third-order valence-corrected chi connectivity index (χ3v) is 3.14. The van der Waals surface area contributed by atoms with Crippen molar-refractivity contribution in [2.75, 3.05) is 31.2 Å². The van der Waals surface area contributed by atoms with Gasteiger partial charge in [0.1, 0.15) is 0 Å². The summed E-state index contributed by atoms with van der Waals surface area (Å²) in [6.07, 6.45) is 3.34. The number of nitrogens with two attached hydrogens (primary N) is 2. The lowest BCUT2D eigenvalue weighted by molar-refractivity contribution is 0.122. The maximum absolute atomic E-state index is 5.28. The van der Waals surface area contributed by atoms with Crippen molar-refractivity contribution < 1.29 is 4.74 Å². The summed E-state index contributed by atoms with van der Waals surface area (Å²) in [4.78, 5) is 7.42. The molecule has 0 radical (unpaired) electrons. The zero-order chi connectivity index (χ0) is 12.1. The number of thiazole rings is 1. The summed E-state index contributed by atoms with van der Waals surface area (Å²) in [5, 5.41) is 8.24. The first-order valence-corrected chi connectivity index (χ1v) is 5.98. The van der Waals surface area contributed by atoms with Crippen molar-refractivity contribution >= 4 is 28.6 Å².